The number of hydrogen-bond donors (Lipinski definition) is 0. The molecule has 1 nitrogen and oxygen atoms in total. The van der Waals surface area contributed by atoms with Gasteiger partial charge in [-0.15, -0.1) is 0 Å². The fourth-order valence-corrected chi connectivity index (χ4v) is 1.43. The average molecular weight is 146 g/mol. The molecule has 0 amide bonds. The molecule has 0 spiro atoms. The largest absolute Gasteiger partial charge is 0.302 e. The summed E-state index contributed by atoms with van der Waals surface area (Å²) in [5, 5.41) is 0.137. The van der Waals surface area contributed by atoms with Crippen molar-refractivity contribution in [3.63, 3.8) is 0 Å². The molecule has 0 fully saturated rings. The Labute approximate surface area is 61.2 Å². The monoisotopic (exact) mass is 146 g/mol. The number of hydrogen-bond acceptors (Lipinski definition) is 2. The lowest BCUT2D eigenvalue weighted by Crippen LogP contribution is -2.23. The van der Waals surface area contributed by atoms with Crippen LogP contribution in [-0.2, 0) is 4.79 Å². The second-order valence-corrected chi connectivity index (χ2v) is 4.14. The molecule has 0 bridgehead atoms. The summed E-state index contributed by atoms with van der Waals surface area (Å²) in [6, 6.07) is 0. The summed E-state index contributed by atoms with van der Waals surface area (Å²) in [7, 11) is 0. The van der Waals surface area contributed by atoms with Crippen molar-refractivity contribution < 1.29 is 4.79 Å². The zero-order valence-electron chi connectivity index (χ0n) is 6.47. The van der Waals surface area contributed by atoms with Gasteiger partial charge in [0.15, 0.2) is 0 Å². The molecule has 0 radical (unpaired) electrons. The molecule has 0 saturated carbocycles. The van der Waals surface area contributed by atoms with Crippen molar-refractivity contribution in [2.45, 2.75) is 26.0 Å². The van der Waals surface area contributed by atoms with Crippen molar-refractivity contribution in [1.82, 2.24) is 0 Å². The van der Waals surface area contributed by atoms with Gasteiger partial charge in [-0.2, -0.15) is 11.8 Å². The predicted octanol–water partition coefficient (Wildman–Crippen LogP) is 1.96. The van der Waals surface area contributed by atoms with Crippen LogP contribution in [0.4, 0.5) is 0 Å². The topological polar surface area (TPSA) is 17.1 Å². The van der Waals surface area contributed by atoms with Crippen molar-refractivity contribution in [3.8, 4) is 0 Å². The van der Waals surface area contributed by atoms with E-state index < -0.39 is 0 Å². The third kappa shape index (κ3) is 2.89. The molecule has 2 heteroatoms. The molecule has 0 aliphatic carbocycles. The molecule has 1 atom stereocenters. The second-order valence-electron chi connectivity index (χ2n) is 3.16. The zero-order chi connectivity index (χ0) is 7.49. The summed E-state index contributed by atoms with van der Waals surface area (Å²) in [6.45, 7) is 6.22. The highest BCUT2D eigenvalue weighted by Gasteiger charge is 2.22. The third-order valence-electron chi connectivity index (χ3n) is 1.23. The summed E-state index contributed by atoms with van der Waals surface area (Å²) < 4.78 is 0. The van der Waals surface area contributed by atoms with Crippen molar-refractivity contribution in [2.24, 2.45) is 5.41 Å². The summed E-state index contributed by atoms with van der Waals surface area (Å²) >= 11 is 1.61. The minimum Gasteiger partial charge on any atom is -0.302 e. The number of thioether (sulfide) groups is 1. The van der Waals surface area contributed by atoms with Crippen LogP contribution in [0, 0.1) is 5.41 Å². The van der Waals surface area contributed by atoms with Crippen LogP contribution in [-0.4, -0.2) is 17.8 Å². The van der Waals surface area contributed by atoms with Gasteiger partial charge in [-0.25, -0.2) is 0 Å². The summed E-state index contributed by atoms with van der Waals surface area (Å²) in [5.74, 6) is 0. The quantitative estimate of drug-likeness (QED) is 0.554. The molecule has 0 aromatic rings. The lowest BCUT2D eigenvalue weighted by Gasteiger charge is -2.23. The Bertz CT molecular complexity index is 93.6. The van der Waals surface area contributed by atoms with Crippen LogP contribution in [0.25, 0.3) is 0 Å². The van der Waals surface area contributed by atoms with Crippen molar-refractivity contribution in [2.75, 3.05) is 6.26 Å². The van der Waals surface area contributed by atoms with Gasteiger partial charge in [-0.1, -0.05) is 20.8 Å². The van der Waals surface area contributed by atoms with Crippen LogP contribution in [0.1, 0.15) is 20.8 Å². The number of carbonyl (C=O) groups excluding carboxylic acids is 1. The van der Waals surface area contributed by atoms with Crippen LogP contribution in [0.3, 0.4) is 0 Å². The second kappa shape index (κ2) is 3.25. The summed E-state index contributed by atoms with van der Waals surface area (Å²) in [6.07, 6.45) is 2.98. The normalized spacial score (nSPS) is 15.1. The van der Waals surface area contributed by atoms with Gasteiger partial charge in [0.25, 0.3) is 0 Å². The third-order valence-corrected chi connectivity index (χ3v) is 2.56. The Morgan fingerprint density at radius 2 is 1.89 bits per heavy atom. The van der Waals surface area contributed by atoms with E-state index in [0.717, 1.165) is 6.29 Å². The highest BCUT2D eigenvalue weighted by molar-refractivity contribution is 7.99. The first-order valence-corrected chi connectivity index (χ1v) is 4.29. The van der Waals surface area contributed by atoms with Gasteiger partial charge in [-0.05, 0) is 11.7 Å². The molecule has 0 rings (SSSR count). The maximum absolute atomic E-state index is 10.4. The molecule has 0 aliphatic rings. The molecular weight excluding hydrogens is 132 g/mol. The molecule has 0 saturated heterocycles. The number of aldehydes is 1. The van der Waals surface area contributed by atoms with Crippen LogP contribution in [0.15, 0.2) is 0 Å². The molecule has 0 aliphatic heterocycles. The number of carbonyl (C=O) groups is 1. The van der Waals surface area contributed by atoms with E-state index in [1.54, 1.807) is 11.8 Å². The highest BCUT2D eigenvalue weighted by atomic mass is 32.2. The van der Waals surface area contributed by atoms with E-state index in [4.69, 9.17) is 0 Å². The highest BCUT2D eigenvalue weighted by Crippen LogP contribution is 2.26. The maximum Gasteiger partial charge on any atom is 0.133 e. The minimum atomic E-state index is 0.112. The van der Waals surface area contributed by atoms with Gasteiger partial charge in [-0.3, -0.25) is 0 Å². The van der Waals surface area contributed by atoms with E-state index >= 15 is 0 Å². The lowest BCUT2D eigenvalue weighted by molar-refractivity contribution is -0.108. The smallest absolute Gasteiger partial charge is 0.133 e. The predicted molar refractivity (Wildman–Crippen MR) is 42.8 cm³/mol. The first-order valence-electron chi connectivity index (χ1n) is 3.00. The summed E-state index contributed by atoms with van der Waals surface area (Å²) in [5.41, 5.74) is 0.112. The Kier molecular flexibility index (Phi) is 3.26. The summed E-state index contributed by atoms with van der Waals surface area (Å²) in [4.78, 5) is 10.4. The van der Waals surface area contributed by atoms with Crippen LogP contribution >= 0.6 is 11.8 Å². The molecular formula is C7H14OS. The van der Waals surface area contributed by atoms with E-state index in [-0.39, 0.29) is 10.7 Å². The molecule has 0 N–H and O–H groups in total. The van der Waals surface area contributed by atoms with Gasteiger partial charge in [0.2, 0.25) is 0 Å². The lowest BCUT2D eigenvalue weighted by atomic mass is 9.93. The molecule has 1 unspecified atom stereocenters. The van der Waals surface area contributed by atoms with Gasteiger partial charge in [0.05, 0.1) is 5.25 Å². The van der Waals surface area contributed by atoms with Crippen molar-refractivity contribution in [1.29, 1.82) is 0 Å². The Balaban J connectivity index is 3.94. The van der Waals surface area contributed by atoms with Gasteiger partial charge >= 0.3 is 0 Å². The molecule has 0 aromatic heterocycles. The SMILES string of the molecule is CSC(C=O)C(C)(C)C. The molecule has 0 heterocycles. The first-order chi connectivity index (χ1) is 4.02. The maximum atomic E-state index is 10.4. The van der Waals surface area contributed by atoms with Crippen LogP contribution in [0.5, 0.6) is 0 Å². The van der Waals surface area contributed by atoms with E-state index in [2.05, 4.69) is 20.8 Å². The Morgan fingerprint density at radius 3 is 1.89 bits per heavy atom. The first kappa shape index (κ1) is 9.02. The molecule has 54 valence electrons. The fraction of sp³-hybridized carbons (Fsp3) is 0.857. The Hall–Kier alpha value is 0.0200. The van der Waals surface area contributed by atoms with Crippen LogP contribution in [0.2, 0.25) is 0 Å². The van der Waals surface area contributed by atoms with Crippen LogP contribution < -0.4 is 0 Å². The number of rotatable bonds is 2. The van der Waals surface area contributed by atoms with Crippen molar-refractivity contribution in [3.05, 3.63) is 0 Å². The van der Waals surface area contributed by atoms with Gasteiger partial charge in [0.1, 0.15) is 6.29 Å². The fourth-order valence-electron chi connectivity index (χ4n) is 0.613. The van der Waals surface area contributed by atoms with Crippen molar-refractivity contribution >= 4 is 18.0 Å². The van der Waals surface area contributed by atoms with Gasteiger partial charge < -0.3 is 4.79 Å². The standard InChI is InChI=1S/C7H14OS/c1-7(2,3)6(5-8)9-4/h5-6H,1-4H3. The van der Waals surface area contributed by atoms with Gasteiger partial charge in [0, 0.05) is 0 Å². The van der Waals surface area contributed by atoms with E-state index in [1.165, 1.54) is 0 Å². The average Bonchev–Trinajstić information content (AvgIpc) is 1.65. The van der Waals surface area contributed by atoms with E-state index in [1.807, 2.05) is 6.26 Å². The van der Waals surface area contributed by atoms with E-state index in [0.29, 0.717) is 0 Å². The minimum absolute atomic E-state index is 0.112. The van der Waals surface area contributed by atoms with E-state index in [9.17, 15) is 4.79 Å². The molecule has 9 heavy (non-hydrogen) atoms. The Morgan fingerprint density at radius 1 is 1.44 bits per heavy atom. The molecule has 0 aromatic carbocycles. The zero-order valence-corrected chi connectivity index (χ0v) is 7.29.